The average Bonchev–Trinajstić information content (AvgIpc) is 2.81. The lowest BCUT2D eigenvalue weighted by Gasteiger charge is -2.45. The van der Waals surface area contributed by atoms with Gasteiger partial charge in [-0.05, 0) is 42.7 Å². The molecule has 0 bridgehead atoms. The summed E-state index contributed by atoms with van der Waals surface area (Å²) in [5.74, 6) is -6.58. The van der Waals surface area contributed by atoms with Crippen LogP contribution in [-0.4, -0.2) is 62.9 Å². The summed E-state index contributed by atoms with van der Waals surface area (Å²) in [5, 5.41) is 51.6. The minimum Gasteiger partial charge on any atom is -0.511 e. The maximum absolute atomic E-state index is 14.0. The van der Waals surface area contributed by atoms with Gasteiger partial charge in [-0.2, -0.15) is 0 Å². The van der Waals surface area contributed by atoms with Gasteiger partial charge in [0.15, 0.2) is 11.4 Å². The van der Waals surface area contributed by atoms with Crippen LogP contribution in [0.3, 0.4) is 0 Å². The van der Waals surface area contributed by atoms with Gasteiger partial charge in [-0.15, -0.1) is 0 Å². The van der Waals surface area contributed by atoms with E-state index in [0.717, 1.165) is 0 Å². The van der Waals surface area contributed by atoms with Gasteiger partial charge >= 0.3 is 0 Å². The van der Waals surface area contributed by atoms with E-state index in [4.69, 9.17) is 10.6 Å². The Kier molecular flexibility index (Phi) is 7.11. The van der Waals surface area contributed by atoms with E-state index < -0.39 is 52.0 Å². The summed E-state index contributed by atoms with van der Waals surface area (Å²) in [6, 6.07) is 1.75. The molecule has 4 rings (SSSR count). The number of hydrogen-bond donors (Lipinski definition) is 6. The summed E-state index contributed by atoms with van der Waals surface area (Å²) in [5.41, 5.74) is 3.55. The number of amides is 1. The maximum atomic E-state index is 14.0. The molecule has 1 aromatic rings. The number of phenols is 1. The van der Waals surface area contributed by atoms with E-state index in [1.165, 1.54) is 7.11 Å². The predicted octanol–water partition coefficient (Wildman–Crippen LogP) is 2.09. The van der Waals surface area contributed by atoms with Gasteiger partial charge in [-0.1, -0.05) is 25.9 Å². The third-order valence-corrected chi connectivity index (χ3v) is 7.73. The normalized spacial score (nSPS) is 25.3. The number of allylic oxidation sites excluding steroid dienone is 2. The van der Waals surface area contributed by atoms with Gasteiger partial charge in [0.2, 0.25) is 5.78 Å². The van der Waals surface area contributed by atoms with Crippen molar-refractivity contribution in [1.29, 1.82) is 0 Å². The Hall–Kier alpha value is -3.70. The van der Waals surface area contributed by atoms with E-state index in [0.29, 0.717) is 28.9 Å². The average molecular weight is 542 g/mol. The van der Waals surface area contributed by atoms with Gasteiger partial charge in [0, 0.05) is 42.1 Å². The van der Waals surface area contributed by atoms with Crippen molar-refractivity contribution in [1.82, 2.24) is 5.32 Å². The van der Waals surface area contributed by atoms with Crippen molar-refractivity contribution in [3.05, 3.63) is 51.0 Å². The third kappa shape index (κ3) is 4.59. The highest BCUT2D eigenvalue weighted by atomic mass is 16.6. The first-order valence-electron chi connectivity index (χ1n) is 12.8. The molecule has 0 saturated heterocycles. The highest BCUT2D eigenvalue weighted by Crippen LogP contribution is 2.52. The van der Waals surface area contributed by atoms with E-state index in [1.54, 1.807) is 13.0 Å². The van der Waals surface area contributed by atoms with Crippen LogP contribution in [0.2, 0.25) is 0 Å². The van der Waals surface area contributed by atoms with Crippen molar-refractivity contribution < 1.29 is 39.6 Å². The Balaban J connectivity index is 1.88. The number of hydrogen-bond acceptors (Lipinski definition) is 10. The molecule has 0 spiro atoms. The van der Waals surface area contributed by atoms with Crippen LogP contribution < -0.4 is 11.1 Å². The fourth-order valence-electron chi connectivity index (χ4n) is 5.96. The van der Waals surface area contributed by atoms with Gasteiger partial charge in [0.05, 0.1) is 11.3 Å². The fourth-order valence-corrected chi connectivity index (χ4v) is 5.96. The lowest BCUT2D eigenvalue weighted by atomic mass is 9.60. The number of benzene rings is 1. The Morgan fingerprint density at radius 3 is 2.49 bits per heavy atom. The summed E-state index contributed by atoms with van der Waals surface area (Å²) in [6.45, 7) is 8.74. The summed E-state index contributed by atoms with van der Waals surface area (Å²) in [6.07, 6.45) is -0.0436. The second kappa shape index (κ2) is 9.80. The number of aliphatic hydroxyl groups is 3. The second-order valence-electron chi connectivity index (χ2n) is 11.7. The highest BCUT2D eigenvalue weighted by Gasteiger charge is 2.59. The Morgan fingerprint density at radius 2 is 1.90 bits per heavy atom. The first-order valence-corrected chi connectivity index (χ1v) is 12.8. The van der Waals surface area contributed by atoms with Gasteiger partial charge in [0.25, 0.3) is 5.91 Å². The topological polar surface area (TPSA) is 192 Å². The van der Waals surface area contributed by atoms with Crippen molar-refractivity contribution in [2.45, 2.75) is 59.1 Å². The minimum atomic E-state index is -2.60. The number of nitrogens with one attached hydrogen (secondary N) is 1. The first-order chi connectivity index (χ1) is 18.1. The molecule has 0 aromatic heterocycles. The van der Waals surface area contributed by atoms with Crippen LogP contribution in [0.4, 0.5) is 0 Å². The van der Waals surface area contributed by atoms with Crippen LogP contribution in [0, 0.1) is 17.3 Å². The zero-order valence-electron chi connectivity index (χ0n) is 22.7. The molecular weight excluding hydrogens is 506 g/mol. The molecule has 3 aliphatic carbocycles. The molecule has 1 amide bonds. The number of fused-ring (bicyclic) bond motifs is 3. The molecule has 1 aromatic carbocycles. The monoisotopic (exact) mass is 541 g/mol. The number of rotatable bonds is 6. The van der Waals surface area contributed by atoms with Crippen LogP contribution in [0.5, 0.6) is 5.75 Å². The van der Waals surface area contributed by atoms with E-state index in [-0.39, 0.29) is 48.1 Å². The number of carbonyl (C=O) groups excluding carboxylic acids is 3. The number of nitrogens with zero attached hydrogens (tertiary/aromatic N) is 1. The molecule has 3 aliphatic rings. The van der Waals surface area contributed by atoms with E-state index in [2.05, 4.69) is 31.2 Å². The SMILES string of the molecule is CO/N=C(\C)c1cc(CNCC(C)(C)C)c(O)c2c1C[C@H]1C[C@H]3CC(O)=C(C(N)=O)C(=O)[C@@]3(O)C(O)=C1C2=O. The number of ketones is 2. The summed E-state index contributed by atoms with van der Waals surface area (Å²) in [4.78, 5) is 43.9. The van der Waals surface area contributed by atoms with Crippen molar-refractivity contribution in [2.24, 2.45) is 28.1 Å². The Morgan fingerprint density at radius 1 is 1.23 bits per heavy atom. The smallest absolute Gasteiger partial charge is 0.255 e. The van der Waals surface area contributed by atoms with Gasteiger partial charge < -0.3 is 36.3 Å². The number of carbonyl (C=O) groups is 3. The quantitative estimate of drug-likeness (QED) is 0.178. The number of aliphatic hydroxyl groups excluding tert-OH is 2. The predicted molar refractivity (Wildman–Crippen MR) is 141 cm³/mol. The Bertz CT molecular complexity index is 1370. The molecular formula is C28H35N3O8. The van der Waals surface area contributed by atoms with Crippen LogP contribution in [0.15, 0.2) is 33.9 Å². The Labute approximate surface area is 226 Å². The zero-order valence-corrected chi connectivity index (χ0v) is 22.7. The van der Waals surface area contributed by atoms with Crippen molar-refractivity contribution in [2.75, 3.05) is 13.7 Å². The van der Waals surface area contributed by atoms with Crippen LogP contribution >= 0.6 is 0 Å². The zero-order chi connectivity index (χ0) is 29.0. The van der Waals surface area contributed by atoms with Crippen molar-refractivity contribution in [3.8, 4) is 5.75 Å². The minimum absolute atomic E-state index is 0.0347. The molecule has 0 radical (unpaired) electrons. The number of oxime groups is 1. The molecule has 0 heterocycles. The molecule has 7 N–H and O–H groups in total. The largest absolute Gasteiger partial charge is 0.511 e. The lowest BCUT2D eigenvalue weighted by Crippen LogP contribution is -2.57. The highest BCUT2D eigenvalue weighted by molar-refractivity contribution is 6.24. The van der Waals surface area contributed by atoms with E-state index in [1.807, 2.05) is 0 Å². The van der Waals surface area contributed by atoms with Crippen molar-refractivity contribution >= 4 is 23.2 Å². The van der Waals surface area contributed by atoms with E-state index >= 15 is 0 Å². The second-order valence-corrected chi connectivity index (χ2v) is 11.7. The van der Waals surface area contributed by atoms with Crippen LogP contribution in [0.25, 0.3) is 0 Å². The third-order valence-electron chi connectivity index (χ3n) is 7.73. The van der Waals surface area contributed by atoms with Gasteiger partial charge in [0.1, 0.15) is 30.0 Å². The molecule has 3 atom stereocenters. The van der Waals surface area contributed by atoms with E-state index in [9.17, 15) is 34.8 Å². The molecule has 0 saturated carbocycles. The van der Waals surface area contributed by atoms with Gasteiger partial charge in [-0.25, -0.2) is 0 Å². The van der Waals surface area contributed by atoms with Crippen LogP contribution in [0.1, 0.15) is 67.6 Å². The molecule has 210 valence electrons. The number of Topliss-reactive ketones (excluding diaryl/α,β-unsaturated/α-hetero) is 2. The maximum Gasteiger partial charge on any atom is 0.255 e. The first kappa shape index (κ1) is 28.3. The molecule has 0 unspecified atom stereocenters. The summed E-state index contributed by atoms with van der Waals surface area (Å²) in [7, 11) is 1.40. The molecule has 11 heteroatoms. The fraction of sp³-hybridized carbons (Fsp3) is 0.500. The molecule has 0 aliphatic heterocycles. The summed E-state index contributed by atoms with van der Waals surface area (Å²) < 4.78 is 0. The van der Waals surface area contributed by atoms with Crippen molar-refractivity contribution in [3.63, 3.8) is 0 Å². The van der Waals surface area contributed by atoms with Gasteiger partial charge in [-0.3, -0.25) is 14.4 Å². The summed E-state index contributed by atoms with van der Waals surface area (Å²) >= 11 is 0. The number of nitrogens with two attached hydrogens (primary N) is 1. The lowest BCUT2D eigenvalue weighted by molar-refractivity contribution is -0.144. The standard InChI is InChI=1S/C28H35N3O8/c1-12(31-39-5)16-8-14(10-30-11-27(2,3)4)22(33)20-17(16)7-13-6-15-9-18(32)21(26(29)37)25(36)28(15,38)24(35)19(13)23(20)34/h8,13,15,30,32-33,35,38H,6-7,9-11H2,1-5H3,(H2,29,37)/b31-12+/t13-,15+,28+/m1/s1. The number of aromatic hydroxyl groups is 1. The number of phenolic OH excluding ortho intramolecular Hbond substituents is 1. The molecule has 39 heavy (non-hydrogen) atoms. The molecule has 11 nitrogen and oxygen atoms in total. The number of primary amides is 1. The molecule has 0 fully saturated rings. The van der Waals surface area contributed by atoms with Crippen LogP contribution in [-0.2, 0) is 27.4 Å².